The van der Waals surface area contributed by atoms with Crippen molar-refractivity contribution in [3.8, 4) is 0 Å². The van der Waals surface area contributed by atoms with E-state index in [9.17, 15) is 4.79 Å². The Labute approximate surface area is 147 Å². The van der Waals surface area contributed by atoms with Crippen LogP contribution in [0, 0.1) is 0 Å². The van der Waals surface area contributed by atoms with Gasteiger partial charge in [-0.1, -0.05) is 44.2 Å². The Morgan fingerprint density at radius 2 is 2.00 bits per heavy atom. The maximum atomic E-state index is 12.4. The highest BCUT2D eigenvalue weighted by Gasteiger charge is 2.19. The number of nitrogens with zero attached hydrogens (tertiary/aromatic N) is 2. The lowest BCUT2D eigenvalue weighted by molar-refractivity contribution is 0.0930. The molecule has 0 saturated carbocycles. The second-order valence-corrected chi connectivity index (χ2v) is 6.47. The molecule has 1 atom stereocenters. The Balaban J connectivity index is 2.05. The van der Waals surface area contributed by atoms with Crippen molar-refractivity contribution in [2.24, 2.45) is 5.73 Å². The van der Waals surface area contributed by atoms with Gasteiger partial charge in [-0.25, -0.2) is 4.98 Å². The number of nitrogens with one attached hydrogen (secondary N) is 1. The molecule has 1 unspecified atom stereocenters. The van der Waals surface area contributed by atoms with E-state index < -0.39 is 0 Å². The first-order valence-corrected chi connectivity index (χ1v) is 9.29. The second-order valence-electron chi connectivity index (χ2n) is 5.52. The van der Waals surface area contributed by atoms with Gasteiger partial charge < -0.3 is 11.1 Å². The predicted octanol–water partition coefficient (Wildman–Crippen LogP) is 2.46. The van der Waals surface area contributed by atoms with Crippen LogP contribution in [0.4, 0.5) is 0 Å². The first kappa shape index (κ1) is 18.6. The van der Waals surface area contributed by atoms with Crippen molar-refractivity contribution in [2.75, 3.05) is 26.2 Å². The Bertz CT molecular complexity index is 625. The van der Waals surface area contributed by atoms with E-state index in [4.69, 9.17) is 5.73 Å². The van der Waals surface area contributed by atoms with E-state index in [1.807, 2.05) is 18.2 Å². The van der Waals surface area contributed by atoms with Gasteiger partial charge in [-0.15, -0.1) is 11.3 Å². The van der Waals surface area contributed by atoms with E-state index in [-0.39, 0.29) is 11.9 Å². The number of hydrogen-bond acceptors (Lipinski definition) is 5. The van der Waals surface area contributed by atoms with E-state index in [1.165, 1.54) is 16.9 Å². The Hall–Kier alpha value is -1.76. The summed E-state index contributed by atoms with van der Waals surface area (Å²) in [6.07, 6.45) is 0.712. The van der Waals surface area contributed by atoms with Crippen molar-refractivity contribution in [2.45, 2.75) is 26.3 Å². The number of thiazole rings is 1. The molecule has 0 saturated heterocycles. The van der Waals surface area contributed by atoms with Crippen LogP contribution in [0.25, 0.3) is 0 Å². The van der Waals surface area contributed by atoms with Gasteiger partial charge in [0.1, 0.15) is 5.69 Å². The molecule has 0 fully saturated rings. The van der Waals surface area contributed by atoms with E-state index in [1.54, 1.807) is 5.38 Å². The van der Waals surface area contributed by atoms with Crippen LogP contribution in [0.3, 0.4) is 0 Å². The number of rotatable bonds is 9. The molecule has 2 rings (SSSR count). The van der Waals surface area contributed by atoms with Crippen LogP contribution in [-0.4, -0.2) is 42.0 Å². The van der Waals surface area contributed by atoms with Crippen LogP contribution in [0.2, 0.25) is 0 Å². The van der Waals surface area contributed by atoms with E-state index in [2.05, 4.69) is 41.2 Å². The third kappa shape index (κ3) is 4.87. The number of amides is 1. The summed E-state index contributed by atoms with van der Waals surface area (Å²) in [7, 11) is 0. The fourth-order valence-electron chi connectivity index (χ4n) is 2.73. The van der Waals surface area contributed by atoms with Gasteiger partial charge in [0.15, 0.2) is 0 Å². The van der Waals surface area contributed by atoms with Crippen molar-refractivity contribution >= 4 is 17.2 Å². The Kier molecular flexibility index (Phi) is 7.36. The number of carbonyl (C=O) groups is 1. The Morgan fingerprint density at radius 3 is 2.62 bits per heavy atom. The quantitative estimate of drug-likeness (QED) is 0.732. The topological polar surface area (TPSA) is 71.2 Å². The molecule has 0 bridgehead atoms. The predicted molar refractivity (Wildman–Crippen MR) is 99.3 cm³/mol. The third-order valence-corrected chi connectivity index (χ3v) is 4.94. The van der Waals surface area contributed by atoms with Gasteiger partial charge in [-0.2, -0.15) is 0 Å². The molecule has 6 heteroatoms. The highest BCUT2D eigenvalue weighted by molar-refractivity contribution is 7.09. The highest BCUT2D eigenvalue weighted by atomic mass is 32.1. The molecule has 130 valence electrons. The summed E-state index contributed by atoms with van der Waals surface area (Å²) in [6.45, 7) is 7.26. The van der Waals surface area contributed by atoms with E-state index >= 15 is 0 Å². The molecule has 3 N–H and O–H groups in total. The molecule has 0 radical (unpaired) electrons. The minimum absolute atomic E-state index is 0.123. The van der Waals surface area contributed by atoms with Crippen LogP contribution in [0.5, 0.6) is 0 Å². The normalized spacial score (nSPS) is 12.3. The molecule has 0 aliphatic carbocycles. The maximum absolute atomic E-state index is 12.4. The van der Waals surface area contributed by atoms with Crippen molar-refractivity contribution in [1.29, 1.82) is 0 Å². The molecule has 0 aliphatic heterocycles. The lowest BCUT2D eigenvalue weighted by Gasteiger charge is -2.30. The van der Waals surface area contributed by atoms with E-state index in [0.29, 0.717) is 25.2 Å². The molecule has 2 aromatic rings. The summed E-state index contributed by atoms with van der Waals surface area (Å²) in [6, 6.07) is 10.5. The molecule has 1 aromatic carbocycles. The zero-order chi connectivity index (χ0) is 17.4. The van der Waals surface area contributed by atoms with Gasteiger partial charge in [0.25, 0.3) is 5.91 Å². The van der Waals surface area contributed by atoms with Crippen LogP contribution in [-0.2, 0) is 6.42 Å². The summed E-state index contributed by atoms with van der Waals surface area (Å²) in [4.78, 5) is 19.1. The fourth-order valence-corrected chi connectivity index (χ4v) is 3.52. The zero-order valence-electron chi connectivity index (χ0n) is 14.4. The van der Waals surface area contributed by atoms with Gasteiger partial charge >= 0.3 is 0 Å². The third-order valence-electron chi connectivity index (χ3n) is 4.04. The zero-order valence-corrected chi connectivity index (χ0v) is 15.2. The van der Waals surface area contributed by atoms with Crippen molar-refractivity contribution in [3.05, 3.63) is 52.0 Å². The van der Waals surface area contributed by atoms with Gasteiger partial charge in [0.2, 0.25) is 0 Å². The first-order chi connectivity index (χ1) is 11.7. The largest absolute Gasteiger partial charge is 0.349 e. The summed E-state index contributed by atoms with van der Waals surface area (Å²) in [5.74, 6) is -0.123. The minimum atomic E-state index is -0.123. The van der Waals surface area contributed by atoms with Crippen molar-refractivity contribution in [1.82, 2.24) is 15.2 Å². The van der Waals surface area contributed by atoms with Crippen LogP contribution in [0.15, 0.2) is 35.7 Å². The van der Waals surface area contributed by atoms with Gasteiger partial charge in [-0.3, -0.25) is 9.69 Å². The van der Waals surface area contributed by atoms with Crippen molar-refractivity contribution in [3.63, 3.8) is 0 Å². The summed E-state index contributed by atoms with van der Waals surface area (Å²) < 4.78 is 0. The summed E-state index contributed by atoms with van der Waals surface area (Å²) >= 11 is 1.49. The average molecular weight is 346 g/mol. The second kappa shape index (κ2) is 9.52. The van der Waals surface area contributed by atoms with Gasteiger partial charge in [0.05, 0.1) is 11.0 Å². The number of benzene rings is 1. The molecule has 24 heavy (non-hydrogen) atoms. The maximum Gasteiger partial charge on any atom is 0.270 e. The van der Waals surface area contributed by atoms with Gasteiger partial charge in [-0.05, 0) is 25.2 Å². The van der Waals surface area contributed by atoms with Gasteiger partial charge in [0, 0.05) is 18.3 Å². The standard InChI is InChI=1S/C18H26N4OS/c1-3-22(4-2)16(14-8-6-5-7-9-14)12-20-18(23)15-13-24-17(21-15)10-11-19/h5-9,13,16H,3-4,10-12,19H2,1-2H3,(H,20,23). The lowest BCUT2D eigenvalue weighted by Crippen LogP contribution is -2.38. The monoisotopic (exact) mass is 346 g/mol. The number of likely N-dealkylation sites (N-methyl/N-ethyl adjacent to an activating group) is 1. The summed E-state index contributed by atoms with van der Waals surface area (Å²) in [5.41, 5.74) is 7.23. The molecular formula is C18H26N4OS. The molecule has 0 spiro atoms. The molecule has 1 heterocycles. The molecule has 5 nitrogen and oxygen atoms in total. The van der Waals surface area contributed by atoms with Crippen LogP contribution in [0.1, 0.15) is 40.9 Å². The average Bonchev–Trinajstić information content (AvgIpc) is 3.08. The first-order valence-electron chi connectivity index (χ1n) is 8.41. The fraction of sp³-hybridized carbons (Fsp3) is 0.444. The SMILES string of the molecule is CCN(CC)C(CNC(=O)c1csc(CCN)n1)c1ccccc1. The summed E-state index contributed by atoms with van der Waals surface area (Å²) in [5, 5.41) is 5.74. The molecular weight excluding hydrogens is 320 g/mol. The lowest BCUT2D eigenvalue weighted by atomic mass is 10.1. The number of carbonyl (C=O) groups excluding carboxylic acids is 1. The van der Waals surface area contributed by atoms with Crippen molar-refractivity contribution < 1.29 is 4.79 Å². The Morgan fingerprint density at radius 1 is 1.29 bits per heavy atom. The number of aromatic nitrogens is 1. The molecule has 1 aromatic heterocycles. The van der Waals surface area contributed by atoms with E-state index in [0.717, 1.165) is 18.1 Å². The smallest absolute Gasteiger partial charge is 0.270 e. The highest BCUT2D eigenvalue weighted by Crippen LogP contribution is 2.19. The minimum Gasteiger partial charge on any atom is -0.349 e. The molecule has 0 aliphatic rings. The van der Waals surface area contributed by atoms with Crippen LogP contribution >= 0.6 is 11.3 Å². The van der Waals surface area contributed by atoms with Crippen LogP contribution < -0.4 is 11.1 Å². The molecule has 1 amide bonds. The number of hydrogen-bond donors (Lipinski definition) is 2. The number of nitrogens with two attached hydrogens (primary N) is 1.